The van der Waals surface area contributed by atoms with Crippen molar-refractivity contribution in [1.29, 1.82) is 0 Å². The van der Waals surface area contributed by atoms with E-state index >= 15 is 0 Å². The highest BCUT2D eigenvalue weighted by Crippen LogP contribution is 2.21. The SMILES string of the molecule is CCC(O)C1CCCCN1CCCSC. The van der Waals surface area contributed by atoms with Gasteiger partial charge in [0, 0.05) is 6.04 Å². The predicted octanol–water partition coefficient (Wildman–Crippen LogP) is 2.36. The van der Waals surface area contributed by atoms with E-state index in [2.05, 4.69) is 18.1 Å². The van der Waals surface area contributed by atoms with E-state index in [1.165, 1.54) is 44.5 Å². The van der Waals surface area contributed by atoms with E-state index in [1.807, 2.05) is 11.8 Å². The standard InChI is InChI=1S/C12H25NOS/c1-3-12(14)11-7-4-5-8-13(11)9-6-10-15-2/h11-12,14H,3-10H2,1-2H3. The van der Waals surface area contributed by atoms with Gasteiger partial charge < -0.3 is 5.11 Å². The van der Waals surface area contributed by atoms with Gasteiger partial charge >= 0.3 is 0 Å². The molecule has 0 aromatic carbocycles. The molecule has 0 radical (unpaired) electrons. The first-order valence-electron chi connectivity index (χ1n) is 6.20. The van der Waals surface area contributed by atoms with Crippen LogP contribution in [-0.2, 0) is 0 Å². The van der Waals surface area contributed by atoms with Crippen molar-refractivity contribution in [3.63, 3.8) is 0 Å². The lowest BCUT2D eigenvalue weighted by molar-refractivity contribution is 0.0243. The van der Waals surface area contributed by atoms with Gasteiger partial charge in [0.2, 0.25) is 0 Å². The zero-order valence-electron chi connectivity index (χ0n) is 10.1. The summed E-state index contributed by atoms with van der Waals surface area (Å²) in [5.74, 6) is 1.24. The Morgan fingerprint density at radius 2 is 2.27 bits per heavy atom. The van der Waals surface area contributed by atoms with E-state index in [-0.39, 0.29) is 6.10 Å². The highest BCUT2D eigenvalue weighted by Gasteiger charge is 2.26. The quantitative estimate of drug-likeness (QED) is 0.710. The maximum atomic E-state index is 9.96. The number of thioether (sulfide) groups is 1. The lowest BCUT2D eigenvalue weighted by Gasteiger charge is -2.38. The van der Waals surface area contributed by atoms with E-state index in [0.717, 1.165) is 6.42 Å². The van der Waals surface area contributed by atoms with Crippen LogP contribution in [0.4, 0.5) is 0 Å². The molecule has 1 aliphatic heterocycles. The van der Waals surface area contributed by atoms with Crippen molar-refractivity contribution in [2.45, 2.75) is 51.2 Å². The maximum Gasteiger partial charge on any atom is 0.0692 e. The molecule has 1 aliphatic rings. The van der Waals surface area contributed by atoms with Crippen molar-refractivity contribution in [3.05, 3.63) is 0 Å². The third-order valence-electron chi connectivity index (χ3n) is 3.32. The van der Waals surface area contributed by atoms with Crippen LogP contribution in [0.15, 0.2) is 0 Å². The summed E-state index contributed by atoms with van der Waals surface area (Å²) in [4.78, 5) is 2.51. The molecule has 2 nitrogen and oxygen atoms in total. The Balaban J connectivity index is 2.35. The smallest absolute Gasteiger partial charge is 0.0692 e. The number of hydrogen-bond donors (Lipinski definition) is 1. The molecule has 15 heavy (non-hydrogen) atoms. The fourth-order valence-electron chi connectivity index (χ4n) is 2.41. The van der Waals surface area contributed by atoms with Crippen molar-refractivity contribution in [1.82, 2.24) is 4.90 Å². The van der Waals surface area contributed by atoms with E-state index in [9.17, 15) is 5.11 Å². The van der Waals surface area contributed by atoms with Crippen LogP contribution >= 0.6 is 11.8 Å². The summed E-state index contributed by atoms with van der Waals surface area (Å²) >= 11 is 1.92. The summed E-state index contributed by atoms with van der Waals surface area (Å²) in [5, 5.41) is 9.96. The average molecular weight is 231 g/mol. The number of aliphatic hydroxyl groups is 1. The summed E-state index contributed by atoms with van der Waals surface area (Å²) in [5.41, 5.74) is 0. The van der Waals surface area contributed by atoms with Crippen LogP contribution in [0.1, 0.15) is 39.0 Å². The third-order valence-corrected chi connectivity index (χ3v) is 4.02. The third kappa shape index (κ3) is 4.33. The van der Waals surface area contributed by atoms with Crippen LogP contribution in [0.5, 0.6) is 0 Å². The zero-order valence-corrected chi connectivity index (χ0v) is 10.9. The first-order valence-corrected chi connectivity index (χ1v) is 7.60. The molecule has 0 bridgehead atoms. The number of likely N-dealkylation sites (tertiary alicyclic amines) is 1. The molecule has 1 heterocycles. The van der Waals surface area contributed by atoms with Crippen LogP contribution < -0.4 is 0 Å². The van der Waals surface area contributed by atoms with Gasteiger partial charge in [-0.3, -0.25) is 4.90 Å². The second kappa shape index (κ2) is 7.53. The monoisotopic (exact) mass is 231 g/mol. The second-order valence-corrected chi connectivity index (χ2v) is 5.41. The van der Waals surface area contributed by atoms with Crippen molar-refractivity contribution >= 4 is 11.8 Å². The summed E-state index contributed by atoms with van der Waals surface area (Å²) in [6.07, 6.45) is 7.99. The molecular weight excluding hydrogens is 206 g/mol. The number of nitrogens with zero attached hydrogens (tertiary/aromatic N) is 1. The molecule has 1 N–H and O–H groups in total. The molecule has 90 valence electrons. The molecule has 1 fully saturated rings. The lowest BCUT2D eigenvalue weighted by atomic mass is 9.96. The zero-order chi connectivity index (χ0) is 11.1. The van der Waals surface area contributed by atoms with Gasteiger partial charge in [0.1, 0.15) is 0 Å². The number of rotatable bonds is 6. The molecule has 0 aromatic heterocycles. The number of aliphatic hydroxyl groups excluding tert-OH is 1. The van der Waals surface area contributed by atoms with E-state index in [1.54, 1.807) is 0 Å². The van der Waals surface area contributed by atoms with Gasteiger partial charge in [-0.05, 0) is 50.8 Å². The van der Waals surface area contributed by atoms with Gasteiger partial charge in [-0.2, -0.15) is 11.8 Å². The van der Waals surface area contributed by atoms with Crippen LogP contribution in [0.3, 0.4) is 0 Å². The minimum atomic E-state index is -0.112. The molecule has 3 heteroatoms. The highest BCUT2D eigenvalue weighted by molar-refractivity contribution is 7.98. The molecule has 0 aromatic rings. The van der Waals surface area contributed by atoms with Crippen molar-refractivity contribution in [2.24, 2.45) is 0 Å². The largest absolute Gasteiger partial charge is 0.392 e. The lowest BCUT2D eigenvalue weighted by Crippen LogP contribution is -2.47. The van der Waals surface area contributed by atoms with E-state index in [4.69, 9.17) is 0 Å². The van der Waals surface area contributed by atoms with Crippen LogP contribution in [0.25, 0.3) is 0 Å². The first kappa shape index (κ1) is 13.3. The van der Waals surface area contributed by atoms with Gasteiger partial charge in [-0.25, -0.2) is 0 Å². The number of hydrogen-bond acceptors (Lipinski definition) is 3. The Bertz CT molecular complexity index is 166. The predicted molar refractivity (Wildman–Crippen MR) is 68.5 cm³/mol. The summed E-state index contributed by atoms with van der Waals surface area (Å²) in [6, 6.07) is 0.436. The van der Waals surface area contributed by atoms with Crippen LogP contribution in [-0.4, -0.2) is 47.3 Å². The maximum absolute atomic E-state index is 9.96. The Morgan fingerprint density at radius 1 is 1.47 bits per heavy atom. The summed E-state index contributed by atoms with van der Waals surface area (Å²) in [7, 11) is 0. The van der Waals surface area contributed by atoms with Gasteiger partial charge in [-0.1, -0.05) is 13.3 Å². The Hall–Kier alpha value is 0.270. The fourth-order valence-corrected chi connectivity index (χ4v) is 2.83. The molecule has 0 amide bonds. The van der Waals surface area contributed by atoms with Crippen LogP contribution in [0, 0.1) is 0 Å². The minimum absolute atomic E-state index is 0.112. The summed E-state index contributed by atoms with van der Waals surface area (Å²) in [6.45, 7) is 4.44. The number of piperidine rings is 1. The normalized spacial score (nSPS) is 25.4. The van der Waals surface area contributed by atoms with E-state index in [0.29, 0.717) is 6.04 Å². The molecule has 2 atom stereocenters. The van der Waals surface area contributed by atoms with Gasteiger partial charge in [0.05, 0.1) is 6.10 Å². The molecule has 2 unspecified atom stereocenters. The molecule has 0 aliphatic carbocycles. The fraction of sp³-hybridized carbons (Fsp3) is 1.00. The van der Waals surface area contributed by atoms with Gasteiger partial charge in [0.15, 0.2) is 0 Å². The molecule has 1 saturated heterocycles. The first-order chi connectivity index (χ1) is 7.29. The molecule has 0 spiro atoms. The molecule has 0 saturated carbocycles. The van der Waals surface area contributed by atoms with Gasteiger partial charge in [0.25, 0.3) is 0 Å². The Morgan fingerprint density at radius 3 is 2.93 bits per heavy atom. The van der Waals surface area contributed by atoms with Gasteiger partial charge in [-0.15, -0.1) is 0 Å². The molecule has 1 rings (SSSR count). The topological polar surface area (TPSA) is 23.5 Å². The minimum Gasteiger partial charge on any atom is -0.392 e. The second-order valence-electron chi connectivity index (χ2n) is 4.42. The highest BCUT2D eigenvalue weighted by atomic mass is 32.2. The van der Waals surface area contributed by atoms with Crippen molar-refractivity contribution in [2.75, 3.05) is 25.1 Å². The average Bonchev–Trinajstić information content (AvgIpc) is 2.29. The van der Waals surface area contributed by atoms with Crippen molar-refractivity contribution in [3.8, 4) is 0 Å². The Kier molecular flexibility index (Phi) is 6.69. The molecular formula is C12H25NOS. The van der Waals surface area contributed by atoms with Crippen molar-refractivity contribution < 1.29 is 5.11 Å². The van der Waals surface area contributed by atoms with E-state index < -0.39 is 0 Å². The summed E-state index contributed by atoms with van der Waals surface area (Å²) < 4.78 is 0. The van der Waals surface area contributed by atoms with Crippen LogP contribution in [0.2, 0.25) is 0 Å². The Labute approximate surface area is 98.4 Å².